The Labute approximate surface area is 116 Å². The van der Waals surface area contributed by atoms with Crippen molar-refractivity contribution < 1.29 is 21.9 Å². The number of halogens is 2. The van der Waals surface area contributed by atoms with Crippen LogP contribution < -0.4 is 10.5 Å². The van der Waals surface area contributed by atoms with Gasteiger partial charge in [0.15, 0.2) is 11.6 Å². The lowest BCUT2D eigenvalue weighted by atomic mass is 9.97. The monoisotopic (exact) mass is 305 g/mol. The molecule has 2 N–H and O–H groups in total. The summed E-state index contributed by atoms with van der Waals surface area (Å²) in [4.78, 5) is 0. The second-order valence-electron chi connectivity index (χ2n) is 5.16. The highest BCUT2D eigenvalue weighted by Gasteiger charge is 2.30. The standard InChI is InChI=1S/C13H17F2NO3S/c1-20(17,18)9-4-2-3-8(5-9)19-13-7-10(14)12(16)6-11(13)15/h6-9H,2-5,16H2,1H3. The van der Waals surface area contributed by atoms with Gasteiger partial charge in [0.1, 0.15) is 21.8 Å². The molecule has 0 saturated heterocycles. The highest BCUT2D eigenvalue weighted by Crippen LogP contribution is 2.30. The molecule has 1 aliphatic rings. The van der Waals surface area contributed by atoms with Crippen LogP contribution in [0.1, 0.15) is 25.7 Å². The largest absolute Gasteiger partial charge is 0.487 e. The van der Waals surface area contributed by atoms with E-state index < -0.39 is 32.8 Å². The molecule has 2 unspecified atom stereocenters. The van der Waals surface area contributed by atoms with Crippen LogP contribution in [0.3, 0.4) is 0 Å². The summed E-state index contributed by atoms with van der Waals surface area (Å²) < 4.78 is 55.4. The predicted molar refractivity (Wildman–Crippen MR) is 72.3 cm³/mol. The minimum atomic E-state index is -3.14. The maximum absolute atomic E-state index is 13.6. The molecule has 0 bridgehead atoms. The van der Waals surface area contributed by atoms with Crippen LogP contribution in [0.15, 0.2) is 12.1 Å². The van der Waals surface area contributed by atoms with Gasteiger partial charge < -0.3 is 10.5 Å². The van der Waals surface area contributed by atoms with Crippen LogP contribution in [0.25, 0.3) is 0 Å². The molecular weight excluding hydrogens is 288 g/mol. The molecule has 0 amide bonds. The number of nitrogen functional groups attached to an aromatic ring is 1. The molecule has 1 aromatic carbocycles. The van der Waals surface area contributed by atoms with Crippen LogP contribution in [0.4, 0.5) is 14.5 Å². The fourth-order valence-electron chi connectivity index (χ4n) is 2.41. The van der Waals surface area contributed by atoms with Gasteiger partial charge >= 0.3 is 0 Å². The fourth-order valence-corrected chi connectivity index (χ4v) is 3.57. The Hall–Kier alpha value is -1.37. The molecule has 1 saturated carbocycles. The van der Waals surface area contributed by atoms with E-state index in [-0.39, 0.29) is 11.4 Å². The smallest absolute Gasteiger partial charge is 0.167 e. The van der Waals surface area contributed by atoms with E-state index in [0.717, 1.165) is 12.1 Å². The number of hydrogen-bond acceptors (Lipinski definition) is 4. The first-order chi connectivity index (χ1) is 9.27. The molecule has 112 valence electrons. The second-order valence-corrected chi connectivity index (χ2v) is 7.49. The van der Waals surface area contributed by atoms with Gasteiger partial charge in [-0.2, -0.15) is 0 Å². The van der Waals surface area contributed by atoms with E-state index in [1.165, 1.54) is 6.26 Å². The van der Waals surface area contributed by atoms with Gasteiger partial charge in [-0.25, -0.2) is 17.2 Å². The molecule has 0 heterocycles. The number of sulfone groups is 1. The van der Waals surface area contributed by atoms with Crippen LogP contribution in [0.2, 0.25) is 0 Å². The Kier molecular flexibility index (Phi) is 4.17. The molecule has 1 aromatic rings. The molecule has 1 fully saturated rings. The maximum Gasteiger partial charge on any atom is 0.167 e. The molecule has 1 aliphatic carbocycles. The van der Waals surface area contributed by atoms with Gasteiger partial charge in [-0.15, -0.1) is 0 Å². The van der Waals surface area contributed by atoms with Crippen molar-refractivity contribution in [2.24, 2.45) is 0 Å². The average Bonchev–Trinajstić information content (AvgIpc) is 2.35. The molecule has 2 atom stereocenters. The quantitative estimate of drug-likeness (QED) is 0.870. The van der Waals surface area contributed by atoms with Crippen LogP contribution >= 0.6 is 0 Å². The number of nitrogens with two attached hydrogens (primary N) is 1. The van der Waals surface area contributed by atoms with E-state index in [2.05, 4.69) is 0 Å². The van der Waals surface area contributed by atoms with Gasteiger partial charge in [-0.05, 0) is 19.3 Å². The zero-order valence-electron chi connectivity index (χ0n) is 11.1. The third-order valence-electron chi connectivity index (χ3n) is 3.53. The Morgan fingerprint density at radius 3 is 2.60 bits per heavy atom. The van der Waals surface area contributed by atoms with E-state index in [9.17, 15) is 17.2 Å². The predicted octanol–water partition coefficient (Wildman–Crippen LogP) is 2.28. The molecule has 0 aromatic heterocycles. The first-order valence-corrected chi connectivity index (χ1v) is 8.33. The summed E-state index contributed by atoms with van der Waals surface area (Å²) in [6.07, 6.45) is 2.94. The SMILES string of the molecule is CS(=O)(=O)C1CCCC(Oc2cc(F)c(N)cc2F)C1. The normalized spacial score (nSPS) is 23.6. The van der Waals surface area contributed by atoms with Crippen molar-refractivity contribution in [3.05, 3.63) is 23.8 Å². The zero-order chi connectivity index (χ0) is 14.9. The van der Waals surface area contributed by atoms with Crippen LogP contribution in [-0.2, 0) is 9.84 Å². The van der Waals surface area contributed by atoms with Gasteiger partial charge in [0.25, 0.3) is 0 Å². The Morgan fingerprint density at radius 2 is 1.95 bits per heavy atom. The van der Waals surface area contributed by atoms with Crippen molar-refractivity contribution in [2.45, 2.75) is 37.0 Å². The molecule has 7 heteroatoms. The number of hydrogen-bond donors (Lipinski definition) is 1. The molecule has 0 radical (unpaired) electrons. The van der Waals surface area contributed by atoms with Crippen molar-refractivity contribution in [1.82, 2.24) is 0 Å². The summed E-state index contributed by atoms with van der Waals surface area (Å²) in [6.45, 7) is 0. The van der Waals surface area contributed by atoms with Crippen molar-refractivity contribution in [1.29, 1.82) is 0 Å². The van der Waals surface area contributed by atoms with Crippen molar-refractivity contribution in [3.63, 3.8) is 0 Å². The molecule has 0 aliphatic heterocycles. The maximum atomic E-state index is 13.6. The van der Waals surface area contributed by atoms with Gasteiger partial charge in [-0.1, -0.05) is 0 Å². The molecule has 4 nitrogen and oxygen atoms in total. The third-order valence-corrected chi connectivity index (χ3v) is 5.17. The molecular formula is C13H17F2NO3S. The highest BCUT2D eigenvalue weighted by atomic mass is 32.2. The summed E-state index contributed by atoms with van der Waals surface area (Å²) in [5, 5.41) is -0.483. The summed E-state index contributed by atoms with van der Waals surface area (Å²) in [7, 11) is -3.14. The minimum Gasteiger partial charge on any atom is -0.487 e. The van der Waals surface area contributed by atoms with Gasteiger partial charge in [0, 0.05) is 24.8 Å². The number of benzene rings is 1. The lowest BCUT2D eigenvalue weighted by Gasteiger charge is -2.28. The number of ether oxygens (including phenoxy) is 1. The number of anilines is 1. The van der Waals surface area contributed by atoms with E-state index in [1.54, 1.807) is 0 Å². The van der Waals surface area contributed by atoms with Crippen molar-refractivity contribution in [2.75, 3.05) is 12.0 Å². The average molecular weight is 305 g/mol. The fraction of sp³-hybridized carbons (Fsp3) is 0.538. The molecule has 2 rings (SSSR count). The summed E-state index contributed by atoms with van der Waals surface area (Å²) in [5.74, 6) is -1.72. The van der Waals surface area contributed by atoms with E-state index in [1.807, 2.05) is 0 Å². The van der Waals surface area contributed by atoms with Crippen molar-refractivity contribution >= 4 is 15.5 Å². The van der Waals surface area contributed by atoms with Crippen LogP contribution in [-0.4, -0.2) is 26.0 Å². The van der Waals surface area contributed by atoms with E-state index in [0.29, 0.717) is 25.7 Å². The van der Waals surface area contributed by atoms with E-state index >= 15 is 0 Å². The van der Waals surface area contributed by atoms with Crippen LogP contribution in [0.5, 0.6) is 5.75 Å². The van der Waals surface area contributed by atoms with Gasteiger partial charge in [0.05, 0.1) is 10.9 Å². The summed E-state index contributed by atoms with van der Waals surface area (Å²) >= 11 is 0. The van der Waals surface area contributed by atoms with Gasteiger partial charge in [0.2, 0.25) is 0 Å². The van der Waals surface area contributed by atoms with Crippen molar-refractivity contribution in [3.8, 4) is 5.75 Å². The minimum absolute atomic E-state index is 0.226. The Balaban J connectivity index is 2.12. The lowest BCUT2D eigenvalue weighted by Crippen LogP contribution is -2.33. The van der Waals surface area contributed by atoms with E-state index in [4.69, 9.17) is 10.5 Å². The zero-order valence-corrected chi connectivity index (χ0v) is 11.9. The first-order valence-electron chi connectivity index (χ1n) is 6.37. The topological polar surface area (TPSA) is 69.4 Å². The Bertz CT molecular complexity index is 604. The summed E-state index contributed by atoms with van der Waals surface area (Å²) in [5.41, 5.74) is 4.97. The number of rotatable bonds is 3. The van der Waals surface area contributed by atoms with Gasteiger partial charge in [-0.3, -0.25) is 0 Å². The Morgan fingerprint density at radius 1 is 1.25 bits per heavy atom. The molecule has 0 spiro atoms. The first kappa shape index (κ1) is 15.0. The lowest BCUT2D eigenvalue weighted by molar-refractivity contribution is 0.149. The third kappa shape index (κ3) is 3.39. The molecule has 20 heavy (non-hydrogen) atoms. The van der Waals surface area contributed by atoms with Crippen LogP contribution in [0, 0.1) is 11.6 Å². The second kappa shape index (κ2) is 5.55. The highest BCUT2D eigenvalue weighted by molar-refractivity contribution is 7.91. The summed E-state index contributed by atoms with van der Waals surface area (Å²) in [6, 6.07) is 1.76.